The molecule has 10 heteroatoms. The highest BCUT2D eigenvalue weighted by Gasteiger charge is 1.96. The summed E-state index contributed by atoms with van der Waals surface area (Å²) in [5, 5.41) is 13.6. The van der Waals surface area contributed by atoms with Crippen molar-refractivity contribution >= 4 is 28.0 Å². The summed E-state index contributed by atoms with van der Waals surface area (Å²) in [7, 11) is 0. The first-order chi connectivity index (χ1) is 11.2. The molecular weight excluding hydrogens is 372 g/mol. The van der Waals surface area contributed by atoms with E-state index >= 15 is 0 Å². The Morgan fingerprint density at radius 1 is 1.00 bits per heavy atom. The third kappa shape index (κ3) is 11.7. The van der Waals surface area contributed by atoms with Gasteiger partial charge in [0.2, 0.25) is 5.95 Å². The average molecular weight is 393 g/mol. The maximum absolute atomic E-state index is 10.2. The molecule has 1 heterocycles. The van der Waals surface area contributed by atoms with E-state index in [0.717, 1.165) is 4.47 Å². The van der Waals surface area contributed by atoms with E-state index < -0.39 is 6.09 Å². The van der Waals surface area contributed by atoms with Gasteiger partial charge in [-0.05, 0) is 15.9 Å². The minimum Gasteiger partial charge on any atom is -0.465 e. The van der Waals surface area contributed by atoms with Gasteiger partial charge in [-0.3, -0.25) is 0 Å². The topological polar surface area (TPSA) is 115 Å². The van der Waals surface area contributed by atoms with Crippen LogP contribution in [0, 0.1) is 0 Å². The molecule has 1 aromatic rings. The largest absolute Gasteiger partial charge is 0.465 e. The van der Waals surface area contributed by atoms with Crippen LogP contribution in [0.5, 0.6) is 0 Å². The van der Waals surface area contributed by atoms with Crippen molar-refractivity contribution in [2.24, 2.45) is 0 Å². The molecule has 1 aromatic heterocycles. The summed E-state index contributed by atoms with van der Waals surface area (Å²) in [5.74, 6) is 0.558. The summed E-state index contributed by atoms with van der Waals surface area (Å²) in [6, 6.07) is 0. The maximum Gasteiger partial charge on any atom is 0.404 e. The van der Waals surface area contributed by atoms with E-state index in [0.29, 0.717) is 52.1 Å². The number of hydrogen-bond donors (Lipinski definition) is 3. The van der Waals surface area contributed by atoms with Crippen LogP contribution in [0.4, 0.5) is 10.7 Å². The smallest absolute Gasteiger partial charge is 0.404 e. The molecule has 1 amide bonds. The van der Waals surface area contributed by atoms with Crippen molar-refractivity contribution in [3.8, 4) is 0 Å². The number of anilines is 1. The molecule has 0 saturated heterocycles. The van der Waals surface area contributed by atoms with Crippen LogP contribution in [0.15, 0.2) is 16.9 Å². The maximum atomic E-state index is 10.2. The van der Waals surface area contributed by atoms with Crippen LogP contribution in [-0.2, 0) is 14.2 Å². The number of halogens is 1. The van der Waals surface area contributed by atoms with E-state index in [9.17, 15) is 4.79 Å². The third-order valence-corrected chi connectivity index (χ3v) is 2.83. The monoisotopic (exact) mass is 392 g/mol. The Bertz CT molecular complexity index is 435. The number of rotatable bonds is 13. The number of aromatic nitrogens is 2. The second-order valence-corrected chi connectivity index (χ2v) is 5.14. The van der Waals surface area contributed by atoms with Crippen LogP contribution in [0.3, 0.4) is 0 Å². The number of nitrogens with one attached hydrogen (secondary N) is 2. The number of nitrogens with zero attached hydrogens (tertiary/aromatic N) is 2. The molecule has 0 fully saturated rings. The summed E-state index contributed by atoms with van der Waals surface area (Å²) in [6.07, 6.45) is 2.29. The summed E-state index contributed by atoms with van der Waals surface area (Å²) < 4.78 is 16.7. The number of ether oxygens (including phenoxy) is 3. The Labute approximate surface area is 142 Å². The van der Waals surface area contributed by atoms with Gasteiger partial charge in [-0.2, -0.15) is 0 Å². The molecule has 0 saturated carbocycles. The van der Waals surface area contributed by atoms with Crippen molar-refractivity contribution in [3.63, 3.8) is 0 Å². The number of amides is 1. The third-order valence-electron chi connectivity index (χ3n) is 2.42. The molecule has 0 bridgehead atoms. The molecule has 0 radical (unpaired) electrons. The lowest BCUT2D eigenvalue weighted by Gasteiger charge is -2.07. The standard InChI is InChI=1S/C13H21BrN4O5/c14-11-9-17-12(18-10-11)15-1-3-21-5-7-23-8-6-22-4-2-16-13(19)20/h9-10,16H,1-8H2,(H,19,20)(H,15,17,18). The molecule has 0 aromatic carbocycles. The van der Waals surface area contributed by atoms with Crippen molar-refractivity contribution in [3.05, 3.63) is 16.9 Å². The Morgan fingerprint density at radius 2 is 1.52 bits per heavy atom. The van der Waals surface area contributed by atoms with E-state index in [1.807, 2.05) is 0 Å². The lowest BCUT2D eigenvalue weighted by molar-refractivity contribution is 0.0171. The van der Waals surface area contributed by atoms with Gasteiger partial charge < -0.3 is 30.0 Å². The number of carboxylic acid groups (broad SMARTS) is 1. The molecule has 9 nitrogen and oxygen atoms in total. The van der Waals surface area contributed by atoms with E-state index in [1.54, 1.807) is 12.4 Å². The van der Waals surface area contributed by atoms with Crippen LogP contribution >= 0.6 is 15.9 Å². The summed E-state index contributed by atoms with van der Waals surface area (Å²) in [4.78, 5) is 18.3. The van der Waals surface area contributed by atoms with E-state index in [-0.39, 0.29) is 6.54 Å². The molecule has 3 N–H and O–H groups in total. The Morgan fingerprint density at radius 3 is 2.09 bits per heavy atom. The molecule has 130 valence electrons. The van der Waals surface area contributed by atoms with Gasteiger partial charge >= 0.3 is 6.09 Å². The highest BCUT2D eigenvalue weighted by atomic mass is 79.9. The Hall–Kier alpha value is -1.49. The van der Waals surface area contributed by atoms with Gasteiger partial charge in [0.1, 0.15) is 0 Å². The predicted octanol–water partition coefficient (Wildman–Crippen LogP) is 0.968. The lowest BCUT2D eigenvalue weighted by atomic mass is 10.6. The van der Waals surface area contributed by atoms with Gasteiger partial charge in [-0.1, -0.05) is 0 Å². The van der Waals surface area contributed by atoms with Crippen molar-refractivity contribution in [2.75, 3.05) is 58.0 Å². The minimum absolute atomic E-state index is 0.271. The minimum atomic E-state index is -1.05. The van der Waals surface area contributed by atoms with Crippen LogP contribution in [0.25, 0.3) is 0 Å². The zero-order chi connectivity index (χ0) is 16.8. The Kier molecular flexibility index (Phi) is 11.0. The summed E-state index contributed by atoms with van der Waals surface area (Å²) in [6.45, 7) is 3.57. The van der Waals surface area contributed by atoms with Gasteiger partial charge in [0.05, 0.1) is 44.1 Å². The first-order valence-corrected chi connectivity index (χ1v) is 7.89. The molecule has 0 aliphatic carbocycles. The van der Waals surface area contributed by atoms with Crippen molar-refractivity contribution < 1.29 is 24.1 Å². The zero-order valence-electron chi connectivity index (χ0n) is 12.7. The van der Waals surface area contributed by atoms with Gasteiger partial charge in [0.25, 0.3) is 0 Å². The van der Waals surface area contributed by atoms with E-state index in [1.165, 1.54) is 0 Å². The fourth-order valence-electron chi connectivity index (χ4n) is 1.41. The molecule has 1 rings (SSSR count). The quantitative estimate of drug-likeness (QED) is 0.425. The number of hydrogen-bond acceptors (Lipinski definition) is 7. The molecule has 0 aliphatic rings. The molecule has 0 spiro atoms. The summed E-state index contributed by atoms with van der Waals surface area (Å²) in [5.41, 5.74) is 0. The second kappa shape index (κ2) is 13.0. The zero-order valence-corrected chi connectivity index (χ0v) is 14.3. The molecule has 0 aliphatic heterocycles. The fourth-order valence-corrected chi connectivity index (χ4v) is 1.62. The first kappa shape index (κ1) is 19.6. The molecular formula is C13H21BrN4O5. The second-order valence-electron chi connectivity index (χ2n) is 4.22. The van der Waals surface area contributed by atoms with Gasteiger partial charge in [0, 0.05) is 25.5 Å². The van der Waals surface area contributed by atoms with Crippen molar-refractivity contribution in [2.45, 2.75) is 0 Å². The molecule has 0 unspecified atom stereocenters. The molecule has 23 heavy (non-hydrogen) atoms. The van der Waals surface area contributed by atoms with Crippen LogP contribution in [0.1, 0.15) is 0 Å². The van der Waals surface area contributed by atoms with Crippen molar-refractivity contribution in [1.29, 1.82) is 0 Å². The molecule has 0 atom stereocenters. The van der Waals surface area contributed by atoms with Crippen LogP contribution in [-0.4, -0.2) is 73.9 Å². The Balaban J connectivity index is 1.79. The van der Waals surface area contributed by atoms with Gasteiger partial charge in [-0.25, -0.2) is 14.8 Å². The van der Waals surface area contributed by atoms with E-state index in [4.69, 9.17) is 19.3 Å². The number of carbonyl (C=O) groups is 1. The van der Waals surface area contributed by atoms with Crippen molar-refractivity contribution in [1.82, 2.24) is 15.3 Å². The average Bonchev–Trinajstić information content (AvgIpc) is 2.53. The SMILES string of the molecule is O=C(O)NCCOCCOCCOCCNc1ncc(Br)cn1. The highest BCUT2D eigenvalue weighted by molar-refractivity contribution is 9.10. The van der Waals surface area contributed by atoms with E-state index in [2.05, 4.69) is 36.5 Å². The summed E-state index contributed by atoms with van der Waals surface area (Å²) >= 11 is 3.26. The predicted molar refractivity (Wildman–Crippen MR) is 86.7 cm³/mol. The normalized spacial score (nSPS) is 10.5. The van der Waals surface area contributed by atoms with Crippen LogP contribution in [0.2, 0.25) is 0 Å². The fraction of sp³-hybridized carbons (Fsp3) is 0.615. The van der Waals surface area contributed by atoms with Crippen LogP contribution < -0.4 is 10.6 Å². The lowest BCUT2D eigenvalue weighted by Crippen LogP contribution is -2.25. The first-order valence-electron chi connectivity index (χ1n) is 7.10. The highest BCUT2D eigenvalue weighted by Crippen LogP contribution is 2.06. The van der Waals surface area contributed by atoms with Gasteiger partial charge in [-0.15, -0.1) is 0 Å². The van der Waals surface area contributed by atoms with Gasteiger partial charge in [0.15, 0.2) is 0 Å².